The minimum Gasteiger partial charge on any atom is -0.369 e. The molecule has 134 valence electrons. The van der Waals surface area contributed by atoms with Crippen LogP contribution in [0, 0.1) is 5.92 Å². The number of carbonyl (C=O) groups excluding carboxylic acids is 2. The van der Waals surface area contributed by atoms with Gasteiger partial charge in [0.05, 0.1) is 12.1 Å². The minimum atomic E-state index is -0.0271. The number of nitrogens with one attached hydrogen (secondary N) is 2. The molecule has 6 nitrogen and oxygen atoms in total. The number of nitrogens with zero attached hydrogens (tertiary/aromatic N) is 1. The Hall–Kier alpha value is -0.850. The lowest BCUT2D eigenvalue weighted by atomic mass is 9.97. The average Bonchev–Trinajstić information content (AvgIpc) is 3.05. The van der Waals surface area contributed by atoms with Crippen molar-refractivity contribution in [3.05, 3.63) is 0 Å². The van der Waals surface area contributed by atoms with Gasteiger partial charge in [-0.1, -0.05) is 0 Å². The van der Waals surface area contributed by atoms with Crippen LogP contribution in [-0.2, 0) is 14.3 Å². The Kier molecular flexibility index (Phi) is 8.87. The molecule has 2 atom stereocenters. The van der Waals surface area contributed by atoms with Crippen LogP contribution in [0.2, 0.25) is 0 Å². The highest BCUT2D eigenvalue weighted by Gasteiger charge is 2.26. The third-order valence-corrected chi connectivity index (χ3v) is 4.35. The molecule has 0 aromatic rings. The number of ether oxygens (including phenoxy) is 1. The van der Waals surface area contributed by atoms with Crippen LogP contribution in [-0.4, -0.2) is 61.6 Å². The van der Waals surface area contributed by atoms with Gasteiger partial charge in [0.1, 0.15) is 6.61 Å². The molecule has 0 bridgehead atoms. The fourth-order valence-corrected chi connectivity index (χ4v) is 3.06. The van der Waals surface area contributed by atoms with Crippen molar-refractivity contribution in [2.45, 2.75) is 51.7 Å². The third-order valence-electron chi connectivity index (χ3n) is 4.35. The van der Waals surface area contributed by atoms with E-state index in [0.29, 0.717) is 12.5 Å². The lowest BCUT2D eigenvalue weighted by molar-refractivity contribution is -0.139. The number of halogens is 1. The van der Waals surface area contributed by atoms with Crippen molar-refractivity contribution in [1.82, 2.24) is 15.5 Å². The van der Waals surface area contributed by atoms with Crippen LogP contribution in [0.4, 0.5) is 0 Å². The Morgan fingerprint density at radius 2 is 2.09 bits per heavy atom. The van der Waals surface area contributed by atoms with E-state index >= 15 is 0 Å². The fourth-order valence-electron chi connectivity index (χ4n) is 3.06. The van der Waals surface area contributed by atoms with Gasteiger partial charge in [-0.3, -0.25) is 9.59 Å². The van der Waals surface area contributed by atoms with E-state index in [1.54, 1.807) is 0 Å². The van der Waals surface area contributed by atoms with Crippen LogP contribution < -0.4 is 10.6 Å². The van der Waals surface area contributed by atoms with Crippen molar-refractivity contribution in [3.8, 4) is 0 Å². The van der Waals surface area contributed by atoms with Gasteiger partial charge in [0.15, 0.2) is 0 Å². The van der Waals surface area contributed by atoms with Gasteiger partial charge in [-0.15, -0.1) is 12.4 Å². The molecule has 2 fully saturated rings. The summed E-state index contributed by atoms with van der Waals surface area (Å²) in [5, 5.41) is 6.24. The van der Waals surface area contributed by atoms with Crippen LogP contribution in [0.3, 0.4) is 0 Å². The molecule has 0 aromatic heterocycles. The molecule has 0 spiro atoms. The highest BCUT2D eigenvalue weighted by molar-refractivity contribution is 5.85. The average molecular weight is 348 g/mol. The molecule has 0 aromatic carbocycles. The van der Waals surface area contributed by atoms with Gasteiger partial charge in [0, 0.05) is 19.6 Å². The topological polar surface area (TPSA) is 70.7 Å². The number of likely N-dealkylation sites (tertiary alicyclic amines) is 1. The van der Waals surface area contributed by atoms with Crippen molar-refractivity contribution < 1.29 is 14.3 Å². The Morgan fingerprint density at radius 1 is 1.30 bits per heavy atom. The molecule has 2 N–H and O–H groups in total. The summed E-state index contributed by atoms with van der Waals surface area (Å²) >= 11 is 0. The molecule has 0 aliphatic carbocycles. The van der Waals surface area contributed by atoms with Crippen molar-refractivity contribution in [2.24, 2.45) is 5.92 Å². The molecule has 7 heteroatoms. The van der Waals surface area contributed by atoms with E-state index in [9.17, 15) is 9.59 Å². The molecular weight excluding hydrogens is 318 g/mol. The summed E-state index contributed by atoms with van der Waals surface area (Å²) in [6.07, 6.45) is 4.12. The first-order valence-corrected chi connectivity index (χ1v) is 8.46. The number of hydrogen-bond donors (Lipinski definition) is 2. The van der Waals surface area contributed by atoms with Gasteiger partial charge < -0.3 is 20.3 Å². The zero-order chi connectivity index (χ0) is 15.9. The zero-order valence-electron chi connectivity index (χ0n) is 14.2. The van der Waals surface area contributed by atoms with Gasteiger partial charge in [0.2, 0.25) is 11.8 Å². The minimum absolute atomic E-state index is 0. The molecule has 2 saturated heterocycles. The maximum atomic E-state index is 12.1. The zero-order valence-corrected chi connectivity index (χ0v) is 15.0. The quantitative estimate of drug-likeness (QED) is 0.750. The molecule has 0 saturated carbocycles. The van der Waals surface area contributed by atoms with E-state index in [-0.39, 0.29) is 43.0 Å². The monoisotopic (exact) mass is 347 g/mol. The molecule has 2 rings (SSSR count). The first-order chi connectivity index (χ1) is 10.6. The summed E-state index contributed by atoms with van der Waals surface area (Å²) < 4.78 is 5.39. The Bertz CT molecular complexity index is 387. The van der Waals surface area contributed by atoms with E-state index < -0.39 is 0 Å². The lowest BCUT2D eigenvalue weighted by Gasteiger charge is -2.33. The normalized spacial score (nSPS) is 24.4. The SMILES string of the molecule is CC(C)OCC(=O)N1CCCC(CNC(=O)C2CCCN2)C1.Cl. The summed E-state index contributed by atoms with van der Waals surface area (Å²) in [4.78, 5) is 26.0. The number of amides is 2. The number of carbonyl (C=O) groups is 2. The summed E-state index contributed by atoms with van der Waals surface area (Å²) in [5.74, 6) is 0.508. The largest absolute Gasteiger partial charge is 0.369 e. The summed E-state index contributed by atoms with van der Waals surface area (Å²) in [5.41, 5.74) is 0. The predicted octanol–water partition coefficient (Wildman–Crippen LogP) is 0.940. The van der Waals surface area contributed by atoms with Crippen LogP contribution >= 0.6 is 12.4 Å². The summed E-state index contributed by atoms with van der Waals surface area (Å²) in [7, 11) is 0. The van der Waals surface area contributed by atoms with Gasteiger partial charge in [0.25, 0.3) is 0 Å². The number of piperidine rings is 1. The van der Waals surface area contributed by atoms with E-state index in [2.05, 4.69) is 10.6 Å². The van der Waals surface area contributed by atoms with E-state index in [1.807, 2.05) is 18.7 Å². The van der Waals surface area contributed by atoms with Gasteiger partial charge in [-0.25, -0.2) is 0 Å². The summed E-state index contributed by atoms with van der Waals surface area (Å²) in [6.45, 7) is 7.12. The second-order valence-corrected chi connectivity index (χ2v) is 6.60. The molecule has 0 radical (unpaired) electrons. The first-order valence-electron chi connectivity index (χ1n) is 8.46. The fraction of sp³-hybridized carbons (Fsp3) is 0.875. The van der Waals surface area contributed by atoms with Crippen LogP contribution in [0.25, 0.3) is 0 Å². The molecule has 2 heterocycles. The smallest absolute Gasteiger partial charge is 0.248 e. The highest BCUT2D eigenvalue weighted by atomic mass is 35.5. The van der Waals surface area contributed by atoms with Crippen LogP contribution in [0.15, 0.2) is 0 Å². The van der Waals surface area contributed by atoms with Gasteiger partial charge >= 0.3 is 0 Å². The maximum absolute atomic E-state index is 12.1. The van der Waals surface area contributed by atoms with Crippen LogP contribution in [0.1, 0.15) is 39.5 Å². The van der Waals surface area contributed by atoms with E-state index in [0.717, 1.165) is 45.3 Å². The van der Waals surface area contributed by atoms with Crippen LogP contribution in [0.5, 0.6) is 0 Å². The number of hydrogen-bond acceptors (Lipinski definition) is 4. The predicted molar refractivity (Wildman–Crippen MR) is 91.7 cm³/mol. The van der Waals surface area contributed by atoms with Crippen molar-refractivity contribution >= 4 is 24.2 Å². The first kappa shape index (κ1) is 20.2. The highest BCUT2D eigenvalue weighted by Crippen LogP contribution is 2.16. The second kappa shape index (κ2) is 10.1. The van der Waals surface area contributed by atoms with E-state index in [1.165, 1.54) is 0 Å². The molecular formula is C16H30ClN3O3. The Labute approximate surface area is 145 Å². The lowest BCUT2D eigenvalue weighted by Crippen LogP contribution is -2.47. The third kappa shape index (κ3) is 6.65. The van der Waals surface area contributed by atoms with Crippen molar-refractivity contribution in [2.75, 3.05) is 32.8 Å². The van der Waals surface area contributed by atoms with Gasteiger partial charge in [-0.2, -0.15) is 0 Å². The van der Waals surface area contributed by atoms with Gasteiger partial charge in [-0.05, 0) is 52.0 Å². The standard InChI is InChI=1S/C16H29N3O3.ClH/c1-12(2)22-11-15(20)19-8-4-5-13(10-19)9-18-16(21)14-6-3-7-17-14;/h12-14,17H,3-11H2,1-2H3,(H,18,21);1H. The Morgan fingerprint density at radius 3 is 2.74 bits per heavy atom. The summed E-state index contributed by atoms with van der Waals surface area (Å²) in [6, 6.07) is -0.0271. The maximum Gasteiger partial charge on any atom is 0.248 e. The molecule has 2 amide bonds. The molecule has 2 aliphatic rings. The van der Waals surface area contributed by atoms with Crippen molar-refractivity contribution in [1.29, 1.82) is 0 Å². The number of rotatable bonds is 6. The van der Waals surface area contributed by atoms with E-state index in [4.69, 9.17) is 4.74 Å². The molecule has 2 aliphatic heterocycles. The molecule has 2 unspecified atom stereocenters. The van der Waals surface area contributed by atoms with Crippen molar-refractivity contribution in [3.63, 3.8) is 0 Å². The Balaban J connectivity index is 0.00000264. The molecule has 23 heavy (non-hydrogen) atoms. The second-order valence-electron chi connectivity index (χ2n) is 6.60.